The molecule has 1 N–H and O–H groups in total. The average Bonchev–Trinajstić information content (AvgIpc) is 2.98. The van der Waals surface area contributed by atoms with Crippen LogP contribution >= 0.6 is 0 Å². The number of rotatable bonds is 2. The van der Waals surface area contributed by atoms with Crippen LogP contribution in [0.15, 0.2) is 54.7 Å². The monoisotopic (exact) mass is 223 g/mol. The zero-order valence-electron chi connectivity index (χ0n) is 9.59. The smallest absolute Gasteiger partial charge is 0.131 e. The van der Waals surface area contributed by atoms with Gasteiger partial charge in [0.2, 0.25) is 0 Å². The molecule has 1 aromatic carbocycles. The van der Waals surface area contributed by atoms with Crippen LogP contribution in [0.3, 0.4) is 0 Å². The Balaban J connectivity index is 1.99. The highest BCUT2D eigenvalue weighted by atomic mass is 15.3. The molecule has 0 radical (unpaired) electrons. The van der Waals surface area contributed by atoms with Gasteiger partial charge in [0.1, 0.15) is 5.82 Å². The molecule has 0 spiro atoms. The molecule has 0 aliphatic rings. The Morgan fingerprint density at radius 3 is 2.53 bits per heavy atom. The second-order valence-electron chi connectivity index (χ2n) is 4.02. The van der Waals surface area contributed by atoms with E-state index in [0.717, 1.165) is 17.2 Å². The van der Waals surface area contributed by atoms with E-state index in [2.05, 4.69) is 28.3 Å². The minimum Gasteiger partial charge on any atom is -0.340 e. The van der Waals surface area contributed by atoms with Gasteiger partial charge >= 0.3 is 0 Å². The summed E-state index contributed by atoms with van der Waals surface area (Å²) in [6, 6.07) is 16.4. The molecule has 2 aromatic heterocycles. The minimum absolute atomic E-state index is 0.983. The molecule has 0 atom stereocenters. The lowest BCUT2D eigenvalue weighted by Gasteiger charge is -1.98. The van der Waals surface area contributed by atoms with Crippen molar-refractivity contribution in [3.8, 4) is 17.1 Å². The summed E-state index contributed by atoms with van der Waals surface area (Å²) in [5.41, 5.74) is 3.30. The quantitative estimate of drug-likeness (QED) is 0.711. The van der Waals surface area contributed by atoms with Gasteiger partial charge in [-0.15, -0.1) is 0 Å². The van der Waals surface area contributed by atoms with Gasteiger partial charge in [0, 0.05) is 11.9 Å². The molecule has 0 aliphatic carbocycles. The Morgan fingerprint density at radius 2 is 1.82 bits per heavy atom. The van der Waals surface area contributed by atoms with E-state index in [1.54, 1.807) is 0 Å². The third kappa shape index (κ3) is 1.87. The van der Waals surface area contributed by atoms with Crippen LogP contribution in [0.25, 0.3) is 17.1 Å². The van der Waals surface area contributed by atoms with Crippen LogP contribution in [0.1, 0.15) is 5.69 Å². The second kappa shape index (κ2) is 3.94. The van der Waals surface area contributed by atoms with Gasteiger partial charge in [0.25, 0.3) is 0 Å². The summed E-state index contributed by atoms with van der Waals surface area (Å²) in [5.74, 6) is 0.983. The fourth-order valence-electron chi connectivity index (χ4n) is 1.85. The van der Waals surface area contributed by atoms with E-state index in [9.17, 15) is 0 Å². The first-order valence-electron chi connectivity index (χ1n) is 5.60. The number of nitrogens with one attached hydrogen (secondary N) is 1. The Morgan fingerprint density at radius 1 is 1.00 bits per heavy atom. The maximum Gasteiger partial charge on any atom is 0.131 e. The predicted octanol–water partition coefficient (Wildman–Crippen LogP) is 3.18. The van der Waals surface area contributed by atoms with E-state index in [1.807, 2.05) is 48.1 Å². The largest absolute Gasteiger partial charge is 0.340 e. The van der Waals surface area contributed by atoms with Crippen LogP contribution in [0.5, 0.6) is 0 Å². The summed E-state index contributed by atoms with van der Waals surface area (Å²) in [6.45, 7) is 1.98. The topological polar surface area (TPSA) is 33.6 Å². The van der Waals surface area contributed by atoms with Gasteiger partial charge < -0.3 is 4.98 Å². The molecule has 0 bridgehead atoms. The molecule has 3 heteroatoms. The summed E-state index contributed by atoms with van der Waals surface area (Å²) in [7, 11) is 0. The molecular formula is C14H13N3. The Kier molecular flexibility index (Phi) is 2.29. The van der Waals surface area contributed by atoms with Crippen LogP contribution < -0.4 is 0 Å². The van der Waals surface area contributed by atoms with Gasteiger partial charge in [-0.3, -0.25) is 0 Å². The highest BCUT2D eigenvalue weighted by molar-refractivity contribution is 5.60. The van der Waals surface area contributed by atoms with Crippen molar-refractivity contribution in [2.24, 2.45) is 0 Å². The van der Waals surface area contributed by atoms with E-state index in [4.69, 9.17) is 0 Å². The van der Waals surface area contributed by atoms with Gasteiger partial charge in [-0.1, -0.05) is 30.3 Å². The lowest BCUT2D eigenvalue weighted by atomic mass is 10.2. The molecule has 0 saturated carbocycles. The average molecular weight is 223 g/mol. The number of H-pyrrole nitrogens is 1. The Hall–Kier alpha value is -2.29. The Bertz CT molecular complexity index is 620. The van der Waals surface area contributed by atoms with Crippen molar-refractivity contribution in [3.63, 3.8) is 0 Å². The molecular weight excluding hydrogens is 210 g/mol. The van der Waals surface area contributed by atoms with Gasteiger partial charge in [-0.25, -0.2) is 4.68 Å². The van der Waals surface area contributed by atoms with Crippen LogP contribution in [0.2, 0.25) is 0 Å². The molecule has 0 fully saturated rings. The first-order valence-corrected chi connectivity index (χ1v) is 5.60. The highest BCUT2D eigenvalue weighted by Gasteiger charge is 2.03. The SMILES string of the molecule is Cc1ccn(-c2ccc(-c3ccccc3)[nH]2)n1. The fourth-order valence-corrected chi connectivity index (χ4v) is 1.85. The van der Waals surface area contributed by atoms with Crippen molar-refractivity contribution in [2.75, 3.05) is 0 Å². The van der Waals surface area contributed by atoms with Gasteiger partial charge in [0.05, 0.1) is 5.69 Å². The maximum atomic E-state index is 4.37. The summed E-state index contributed by atoms with van der Waals surface area (Å²) in [4.78, 5) is 3.36. The number of benzene rings is 1. The lowest BCUT2D eigenvalue weighted by Crippen LogP contribution is -1.94. The molecule has 3 aromatic rings. The number of nitrogens with zero attached hydrogens (tertiary/aromatic N) is 2. The minimum atomic E-state index is 0.983. The summed E-state index contributed by atoms with van der Waals surface area (Å²) >= 11 is 0. The normalized spacial score (nSPS) is 10.6. The van der Waals surface area contributed by atoms with Gasteiger partial charge in [-0.05, 0) is 30.7 Å². The van der Waals surface area contributed by atoms with Gasteiger partial charge in [-0.2, -0.15) is 5.10 Å². The molecule has 0 unspecified atom stereocenters. The number of aromatic nitrogens is 3. The van der Waals surface area contributed by atoms with Crippen LogP contribution in [0, 0.1) is 6.92 Å². The number of aryl methyl sites for hydroxylation is 1. The Labute approximate surface area is 99.7 Å². The fraction of sp³-hybridized carbons (Fsp3) is 0.0714. The molecule has 0 aliphatic heterocycles. The first-order chi connectivity index (χ1) is 8.33. The summed E-state index contributed by atoms with van der Waals surface area (Å²) in [5, 5.41) is 4.37. The maximum absolute atomic E-state index is 4.37. The van der Waals surface area contributed by atoms with Crippen LogP contribution in [-0.4, -0.2) is 14.8 Å². The molecule has 3 rings (SSSR count). The molecule has 0 saturated heterocycles. The second-order valence-corrected chi connectivity index (χ2v) is 4.02. The van der Waals surface area contributed by atoms with Crippen molar-refractivity contribution in [1.29, 1.82) is 0 Å². The highest BCUT2D eigenvalue weighted by Crippen LogP contribution is 2.19. The van der Waals surface area contributed by atoms with Crippen molar-refractivity contribution >= 4 is 0 Å². The van der Waals surface area contributed by atoms with E-state index < -0.39 is 0 Å². The summed E-state index contributed by atoms with van der Waals surface area (Å²) < 4.78 is 1.85. The van der Waals surface area contributed by atoms with E-state index >= 15 is 0 Å². The van der Waals surface area contributed by atoms with Crippen molar-refractivity contribution < 1.29 is 0 Å². The number of hydrogen-bond donors (Lipinski definition) is 1. The van der Waals surface area contributed by atoms with Crippen LogP contribution in [0.4, 0.5) is 0 Å². The lowest BCUT2D eigenvalue weighted by molar-refractivity contribution is 0.840. The van der Waals surface area contributed by atoms with Crippen LogP contribution in [-0.2, 0) is 0 Å². The van der Waals surface area contributed by atoms with E-state index in [0.29, 0.717) is 0 Å². The zero-order chi connectivity index (χ0) is 11.7. The van der Waals surface area contributed by atoms with Gasteiger partial charge in [0.15, 0.2) is 0 Å². The van der Waals surface area contributed by atoms with Crippen molar-refractivity contribution in [1.82, 2.24) is 14.8 Å². The van der Waals surface area contributed by atoms with Crippen molar-refractivity contribution in [3.05, 3.63) is 60.4 Å². The standard InChI is InChI=1S/C14H13N3/c1-11-9-10-17(16-11)14-8-7-13(15-14)12-5-3-2-4-6-12/h2-10,15H,1H3. The number of aromatic amines is 1. The third-order valence-electron chi connectivity index (χ3n) is 2.72. The summed E-state index contributed by atoms with van der Waals surface area (Å²) in [6.07, 6.45) is 1.95. The molecule has 17 heavy (non-hydrogen) atoms. The molecule has 2 heterocycles. The predicted molar refractivity (Wildman–Crippen MR) is 68.1 cm³/mol. The van der Waals surface area contributed by atoms with Crippen molar-refractivity contribution in [2.45, 2.75) is 6.92 Å². The van der Waals surface area contributed by atoms with E-state index in [1.165, 1.54) is 5.56 Å². The number of hydrogen-bond acceptors (Lipinski definition) is 1. The first kappa shape index (κ1) is 9.90. The molecule has 3 nitrogen and oxygen atoms in total. The molecule has 0 amide bonds. The zero-order valence-corrected chi connectivity index (χ0v) is 9.59. The third-order valence-corrected chi connectivity index (χ3v) is 2.72. The molecule has 84 valence electrons. The van der Waals surface area contributed by atoms with E-state index in [-0.39, 0.29) is 0 Å².